The average Bonchev–Trinajstić information content (AvgIpc) is 2.53. The van der Waals surface area contributed by atoms with Crippen LogP contribution in [0.3, 0.4) is 0 Å². The quantitative estimate of drug-likeness (QED) is 0.637. The molecule has 0 N–H and O–H groups in total. The molecule has 0 saturated heterocycles. The molecular formula is C14H11NO3S2. The Balaban J connectivity index is 1.97. The summed E-state index contributed by atoms with van der Waals surface area (Å²) in [6.45, 7) is 0. The van der Waals surface area contributed by atoms with Crippen molar-refractivity contribution < 1.29 is 14.3 Å². The van der Waals surface area contributed by atoms with E-state index in [0.29, 0.717) is 11.1 Å². The number of carbonyl (C=O) groups excluding carboxylic acids is 2. The van der Waals surface area contributed by atoms with Gasteiger partial charge in [0.15, 0.2) is 0 Å². The van der Waals surface area contributed by atoms with Crippen molar-refractivity contribution in [2.24, 2.45) is 0 Å². The van der Waals surface area contributed by atoms with Crippen LogP contribution in [0.4, 0.5) is 0 Å². The Morgan fingerprint density at radius 2 is 1.75 bits per heavy atom. The third kappa shape index (κ3) is 3.85. The Morgan fingerprint density at radius 1 is 1.05 bits per heavy atom. The molecule has 20 heavy (non-hydrogen) atoms. The molecule has 0 fully saturated rings. The molecule has 0 saturated carbocycles. The van der Waals surface area contributed by atoms with Gasteiger partial charge in [-0.15, -0.1) is 0 Å². The van der Waals surface area contributed by atoms with Crippen molar-refractivity contribution in [3.63, 3.8) is 0 Å². The van der Waals surface area contributed by atoms with Crippen LogP contribution in [0.5, 0.6) is 0 Å². The third-order valence-corrected chi connectivity index (χ3v) is 4.48. The normalized spacial score (nSPS) is 10.1. The van der Waals surface area contributed by atoms with Gasteiger partial charge in [-0.05, 0) is 58.0 Å². The van der Waals surface area contributed by atoms with Crippen LogP contribution in [0.1, 0.15) is 20.7 Å². The molecule has 4 nitrogen and oxygen atoms in total. The first kappa shape index (κ1) is 14.6. The monoisotopic (exact) mass is 305 g/mol. The SMILES string of the molecule is COC(=O)c1ccc(C(=O)SSc2ccccn2)cc1. The van der Waals surface area contributed by atoms with E-state index in [2.05, 4.69) is 9.72 Å². The highest BCUT2D eigenvalue weighted by molar-refractivity contribution is 8.82. The minimum absolute atomic E-state index is 0.0860. The van der Waals surface area contributed by atoms with Crippen molar-refractivity contribution in [1.82, 2.24) is 4.98 Å². The molecule has 6 heteroatoms. The lowest BCUT2D eigenvalue weighted by molar-refractivity contribution is 0.0600. The van der Waals surface area contributed by atoms with Gasteiger partial charge in [0, 0.05) is 11.8 Å². The number of benzene rings is 1. The van der Waals surface area contributed by atoms with Crippen molar-refractivity contribution in [3.05, 3.63) is 59.8 Å². The van der Waals surface area contributed by atoms with E-state index in [1.807, 2.05) is 18.2 Å². The lowest BCUT2D eigenvalue weighted by Crippen LogP contribution is -2.01. The Kier molecular flexibility index (Phi) is 5.20. The van der Waals surface area contributed by atoms with Crippen LogP contribution < -0.4 is 0 Å². The number of methoxy groups -OCH3 is 1. The van der Waals surface area contributed by atoms with Crippen LogP contribution >= 0.6 is 21.6 Å². The first-order chi connectivity index (χ1) is 9.70. The lowest BCUT2D eigenvalue weighted by Gasteiger charge is -2.02. The number of hydrogen-bond acceptors (Lipinski definition) is 6. The molecule has 102 valence electrons. The largest absolute Gasteiger partial charge is 0.465 e. The van der Waals surface area contributed by atoms with Gasteiger partial charge >= 0.3 is 5.97 Å². The van der Waals surface area contributed by atoms with Gasteiger partial charge in [0.2, 0.25) is 5.12 Å². The minimum Gasteiger partial charge on any atom is -0.465 e. The van der Waals surface area contributed by atoms with Crippen LogP contribution in [0.15, 0.2) is 53.7 Å². The summed E-state index contributed by atoms with van der Waals surface area (Å²) >= 11 is 0. The van der Waals surface area contributed by atoms with Crippen molar-refractivity contribution in [2.75, 3.05) is 7.11 Å². The van der Waals surface area contributed by atoms with Gasteiger partial charge in [-0.3, -0.25) is 4.79 Å². The van der Waals surface area contributed by atoms with Gasteiger partial charge in [-0.1, -0.05) is 6.07 Å². The molecule has 0 unspecified atom stereocenters. The second kappa shape index (κ2) is 7.12. The van der Waals surface area contributed by atoms with Gasteiger partial charge in [0.1, 0.15) is 5.03 Å². The zero-order valence-electron chi connectivity index (χ0n) is 10.6. The first-order valence-electron chi connectivity index (χ1n) is 5.69. The van der Waals surface area contributed by atoms with Crippen LogP contribution in [-0.4, -0.2) is 23.2 Å². The summed E-state index contributed by atoms with van der Waals surface area (Å²) in [5.41, 5.74) is 0.956. The zero-order chi connectivity index (χ0) is 14.4. The number of ether oxygens (including phenoxy) is 1. The zero-order valence-corrected chi connectivity index (χ0v) is 12.2. The van der Waals surface area contributed by atoms with E-state index >= 15 is 0 Å². The van der Waals surface area contributed by atoms with E-state index in [0.717, 1.165) is 15.8 Å². The summed E-state index contributed by atoms with van der Waals surface area (Å²) in [7, 11) is 3.72. The fourth-order valence-electron chi connectivity index (χ4n) is 1.39. The molecule has 0 bridgehead atoms. The van der Waals surface area contributed by atoms with Crippen LogP contribution in [0.2, 0.25) is 0 Å². The molecule has 0 aliphatic carbocycles. The van der Waals surface area contributed by atoms with Gasteiger partial charge < -0.3 is 4.74 Å². The average molecular weight is 305 g/mol. The number of aromatic nitrogens is 1. The molecule has 1 aromatic carbocycles. The van der Waals surface area contributed by atoms with Crippen molar-refractivity contribution in [1.29, 1.82) is 0 Å². The van der Waals surface area contributed by atoms with Crippen molar-refractivity contribution >= 4 is 32.7 Å². The second-order valence-electron chi connectivity index (χ2n) is 3.69. The molecule has 0 radical (unpaired) electrons. The summed E-state index contributed by atoms with van der Waals surface area (Å²) in [5, 5.41) is 0.689. The number of carbonyl (C=O) groups is 2. The highest BCUT2D eigenvalue weighted by atomic mass is 33.1. The summed E-state index contributed by atoms with van der Waals surface area (Å²) in [4.78, 5) is 27.4. The summed E-state index contributed by atoms with van der Waals surface area (Å²) in [6, 6.07) is 11.9. The smallest absolute Gasteiger partial charge is 0.337 e. The second-order valence-corrected chi connectivity index (χ2v) is 5.81. The third-order valence-electron chi connectivity index (χ3n) is 2.38. The molecule has 2 aromatic rings. The molecule has 0 spiro atoms. The maximum absolute atomic E-state index is 12.0. The molecule has 1 aromatic heterocycles. The van der Waals surface area contributed by atoms with E-state index in [4.69, 9.17) is 0 Å². The highest BCUT2D eigenvalue weighted by Gasteiger charge is 2.10. The summed E-state index contributed by atoms with van der Waals surface area (Å²) < 4.78 is 4.60. The van der Waals surface area contributed by atoms with E-state index in [-0.39, 0.29) is 5.12 Å². The van der Waals surface area contributed by atoms with Crippen LogP contribution in [-0.2, 0) is 4.74 Å². The summed E-state index contributed by atoms with van der Waals surface area (Å²) in [6.07, 6.45) is 1.68. The fourth-order valence-corrected chi connectivity index (χ4v) is 3.08. The molecule has 0 aliphatic rings. The van der Waals surface area contributed by atoms with Gasteiger partial charge in [0.05, 0.1) is 12.7 Å². The minimum atomic E-state index is -0.417. The number of pyridine rings is 1. The predicted octanol–water partition coefficient (Wildman–Crippen LogP) is 3.45. The lowest BCUT2D eigenvalue weighted by atomic mass is 10.1. The number of esters is 1. The van der Waals surface area contributed by atoms with Crippen molar-refractivity contribution in [3.8, 4) is 0 Å². The number of rotatable bonds is 4. The van der Waals surface area contributed by atoms with Crippen LogP contribution in [0.25, 0.3) is 0 Å². The van der Waals surface area contributed by atoms with Gasteiger partial charge in [-0.2, -0.15) is 0 Å². The molecular weight excluding hydrogens is 294 g/mol. The van der Waals surface area contributed by atoms with Crippen molar-refractivity contribution in [2.45, 2.75) is 5.03 Å². The molecule has 0 atom stereocenters. The Bertz CT molecular complexity index is 600. The predicted molar refractivity (Wildman–Crippen MR) is 79.8 cm³/mol. The standard InChI is InChI=1S/C14H11NO3S2/c1-18-13(16)10-5-7-11(8-6-10)14(17)20-19-12-4-2-3-9-15-12/h2-9H,1H3. The molecule has 1 heterocycles. The Hall–Kier alpha value is -1.79. The van der Waals surface area contributed by atoms with E-state index in [9.17, 15) is 9.59 Å². The topological polar surface area (TPSA) is 56.3 Å². The first-order valence-corrected chi connectivity index (χ1v) is 7.84. The molecule has 2 rings (SSSR count). The summed E-state index contributed by atoms with van der Waals surface area (Å²) in [5.74, 6) is -0.417. The highest BCUT2D eigenvalue weighted by Crippen LogP contribution is 2.31. The number of nitrogens with zero attached hydrogens (tertiary/aromatic N) is 1. The van der Waals surface area contributed by atoms with Gasteiger partial charge in [-0.25, -0.2) is 9.78 Å². The number of hydrogen-bond donors (Lipinski definition) is 0. The van der Waals surface area contributed by atoms with E-state index < -0.39 is 5.97 Å². The van der Waals surface area contributed by atoms with Crippen LogP contribution in [0, 0.1) is 0 Å². The van der Waals surface area contributed by atoms with E-state index in [1.165, 1.54) is 17.9 Å². The molecule has 0 aliphatic heterocycles. The van der Waals surface area contributed by atoms with Gasteiger partial charge in [0.25, 0.3) is 0 Å². The van der Waals surface area contributed by atoms with E-state index in [1.54, 1.807) is 30.5 Å². The fraction of sp³-hybridized carbons (Fsp3) is 0.0714. The maximum Gasteiger partial charge on any atom is 0.337 e. The Labute approximate surface area is 124 Å². The Morgan fingerprint density at radius 3 is 2.35 bits per heavy atom. The molecule has 0 amide bonds. The maximum atomic E-state index is 12.0.